The van der Waals surface area contributed by atoms with E-state index in [0.717, 1.165) is 32.7 Å². The Hall–Kier alpha value is -2.47. The van der Waals surface area contributed by atoms with E-state index in [1.54, 1.807) is 0 Å². The summed E-state index contributed by atoms with van der Waals surface area (Å²) in [6.45, 7) is 4.14. The second-order valence-electron chi connectivity index (χ2n) is 8.95. The maximum Gasteiger partial charge on any atom is 0.263 e. The molecule has 1 N–H and O–H groups in total. The average molecular weight is 422 g/mol. The maximum atomic E-state index is 13.3. The lowest BCUT2D eigenvalue weighted by atomic mass is 9.84. The largest absolute Gasteiger partial charge is 0.352 e. The number of carbonyl (C=O) groups is 1. The molecule has 0 spiro atoms. The first-order chi connectivity index (χ1) is 14.5. The topological polar surface area (TPSA) is 64.0 Å². The molecule has 2 aromatic heterocycles. The fourth-order valence-corrected chi connectivity index (χ4v) is 6.67. The van der Waals surface area contributed by atoms with Crippen LogP contribution >= 0.6 is 11.3 Å². The van der Waals surface area contributed by atoms with Crippen LogP contribution in [0.4, 0.5) is 0 Å². The van der Waals surface area contributed by atoms with Crippen molar-refractivity contribution < 1.29 is 4.79 Å². The molecule has 1 aromatic carbocycles. The van der Waals surface area contributed by atoms with Crippen molar-refractivity contribution in [3.8, 4) is 11.1 Å². The number of fused-ring (bicyclic) bond motifs is 3. The second-order valence-corrected chi connectivity index (χ2v) is 10.2. The molecule has 3 aromatic rings. The van der Waals surface area contributed by atoms with E-state index in [1.165, 1.54) is 47.9 Å². The summed E-state index contributed by atoms with van der Waals surface area (Å²) in [5.74, 6) is 2.08. The van der Waals surface area contributed by atoms with Gasteiger partial charge in [-0.3, -0.25) is 14.2 Å². The van der Waals surface area contributed by atoms with Gasteiger partial charge in [0.25, 0.3) is 5.56 Å². The molecule has 6 heteroatoms. The molecule has 0 radical (unpaired) electrons. The highest BCUT2D eigenvalue weighted by atomic mass is 32.1. The summed E-state index contributed by atoms with van der Waals surface area (Å²) in [7, 11) is 0. The molecule has 2 bridgehead atoms. The van der Waals surface area contributed by atoms with Gasteiger partial charge in [-0.05, 0) is 56.4 Å². The Morgan fingerprint density at radius 2 is 2.07 bits per heavy atom. The fourth-order valence-electron chi connectivity index (χ4n) is 5.67. The number of rotatable bonds is 5. The molecule has 4 unspecified atom stereocenters. The number of aromatic nitrogens is 2. The Balaban J connectivity index is 1.39. The number of carbonyl (C=O) groups excluding carboxylic acids is 1. The highest BCUT2D eigenvalue weighted by molar-refractivity contribution is 7.19. The van der Waals surface area contributed by atoms with E-state index in [0.29, 0.717) is 11.3 Å². The van der Waals surface area contributed by atoms with E-state index < -0.39 is 0 Å². The van der Waals surface area contributed by atoms with Crippen LogP contribution in [0, 0.1) is 24.7 Å². The lowest BCUT2D eigenvalue weighted by Crippen LogP contribution is -2.42. The van der Waals surface area contributed by atoms with Crippen LogP contribution in [0.5, 0.6) is 0 Å². The summed E-state index contributed by atoms with van der Waals surface area (Å²) in [5.41, 5.74) is 1.79. The van der Waals surface area contributed by atoms with Gasteiger partial charge in [-0.1, -0.05) is 36.8 Å². The minimum atomic E-state index is -0.147. The molecular formula is C24H27N3O2S. The van der Waals surface area contributed by atoms with Crippen LogP contribution in [0.25, 0.3) is 21.3 Å². The van der Waals surface area contributed by atoms with Crippen LogP contribution in [-0.4, -0.2) is 21.5 Å². The van der Waals surface area contributed by atoms with Gasteiger partial charge in [0.05, 0.1) is 11.7 Å². The Bertz CT molecular complexity index is 1150. The minimum absolute atomic E-state index is 0.00997. The molecule has 5 nitrogen and oxygen atoms in total. The number of nitrogens with one attached hydrogen (secondary N) is 1. The fraction of sp³-hybridized carbons (Fsp3) is 0.458. The zero-order valence-corrected chi connectivity index (χ0v) is 18.2. The van der Waals surface area contributed by atoms with Gasteiger partial charge in [-0.15, -0.1) is 11.3 Å². The van der Waals surface area contributed by atoms with Gasteiger partial charge >= 0.3 is 0 Å². The third kappa shape index (κ3) is 3.37. The predicted octanol–water partition coefficient (Wildman–Crippen LogP) is 4.37. The Morgan fingerprint density at radius 1 is 1.27 bits per heavy atom. The van der Waals surface area contributed by atoms with Gasteiger partial charge in [-0.2, -0.15) is 0 Å². The van der Waals surface area contributed by atoms with Crippen LogP contribution in [0.15, 0.2) is 41.5 Å². The van der Waals surface area contributed by atoms with Crippen molar-refractivity contribution in [3.05, 3.63) is 51.9 Å². The third-order valence-corrected chi connectivity index (χ3v) is 8.07. The van der Waals surface area contributed by atoms with E-state index in [1.807, 2.05) is 37.3 Å². The molecular weight excluding hydrogens is 394 g/mol. The molecule has 0 aliphatic heterocycles. The number of thiophene rings is 1. The van der Waals surface area contributed by atoms with Gasteiger partial charge in [0.2, 0.25) is 5.91 Å². The molecule has 5 rings (SSSR count). The molecule has 2 fully saturated rings. The van der Waals surface area contributed by atoms with Crippen molar-refractivity contribution in [3.63, 3.8) is 0 Å². The molecule has 2 aliphatic rings. The van der Waals surface area contributed by atoms with E-state index in [4.69, 9.17) is 0 Å². The van der Waals surface area contributed by atoms with E-state index in [-0.39, 0.29) is 24.1 Å². The van der Waals surface area contributed by atoms with Crippen molar-refractivity contribution >= 4 is 27.5 Å². The van der Waals surface area contributed by atoms with Crippen LogP contribution in [0.1, 0.15) is 37.5 Å². The Kier molecular flexibility index (Phi) is 4.97. The smallest absolute Gasteiger partial charge is 0.263 e. The standard InChI is InChI=1S/C24H27N3O2S/c1-14(19-11-16-8-9-18(19)10-16)26-20(28)12-27-13-25-23-22(24(27)29)21(15(2)30-23)17-6-4-3-5-7-17/h3-7,13-14,16,18-19H,8-12H2,1-2H3,(H,26,28). The van der Waals surface area contributed by atoms with Gasteiger partial charge < -0.3 is 5.32 Å². The van der Waals surface area contributed by atoms with Gasteiger partial charge in [-0.25, -0.2) is 4.98 Å². The summed E-state index contributed by atoms with van der Waals surface area (Å²) in [5, 5.41) is 3.77. The van der Waals surface area contributed by atoms with Crippen molar-refractivity contribution in [1.82, 2.24) is 14.9 Å². The average Bonchev–Trinajstić information content (AvgIpc) is 3.45. The quantitative estimate of drug-likeness (QED) is 0.665. The van der Waals surface area contributed by atoms with Gasteiger partial charge in [0.1, 0.15) is 11.4 Å². The van der Waals surface area contributed by atoms with Crippen LogP contribution in [0.3, 0.4) is 0 Å². The number of hydrogen-bond acceptors (Lipinski definition) is 4. The van der Waals surface area contributed by atoms with Gasteiger partial charge in [0.15, 0.2) is 0 Å². The van der Waals surface area contributed by atoms with E-state index in [2.05, 4.69) is 17.2 Å². The van der Waals surface area contributed by atoms with E-state index in [9.17, 15) is 9.59 Å². The first kappa shape index (κ1) is 19.5. The zero-order chi connectivity index (χ0) is 20.8. The summed E-state index contributed by atoms with van der Waals surface area (Å²) >= 11 is 1.52. The van der Waals surface area contributed by atoms with Crippen molar-refractivity contribution in [2.24, 2.45) is 17.8 Å². The minimum Gasteiger partial charge on any atom is -0.352 e. The van der Waals surface area contributed by atoms with Crippen LogP contribution in [-0.2, 0) is 11.3 Å². The molecule has 2 heterocycles. The van der Waals surface area contributed by atoms with Crippen LogP contribution < -0.4 is 10.9 Å². The molecule has 2 saturated carbocycles. The second kappa shape index (κ2) is 7.65. The maximum absolute atomic E-state index is 13.3. The highest BCUT2D eigenvalue weighted by Gasteiger charge is 2.42. The lowest BCUT2D eigenvalue weighted by Gasteiger charge is -2.28. The normalized spacial score (nSPS) is 23.7. The van der Waals surface area contributed by atoms with E-state index >= 15 is 0 Å². The molecule has 2 aliphatic carbocycles. The van der Waals surface area contributed by atoms with Crippen molar-refractivity contribution in [2.45, 2.75) is 52.1 Å². The van der Waals surface area contributed by atoms with Crippen molar-refractivity contribution in [2.75, 3.05) is 0 Å². The highest BCUT2D eigenvalue weighted by Crippen LogP contribution is 2.49. The summed E-state index contributed by atoms with van der Waals surface area (Å²) in [4.78, 5) is 32.3. The number of benzene rings is 1. The Labute approximate surface area is 180 Å². The number of amides is 1. The summed E-state index contributed by atoms with van der Waals surface area (Å²) in [6, 6.07) is 10.1. The van der Waals surface area contributed by atoms with Gasteiger partial charge in [0, 0.05) is 16.5 Å². The summed E-state index contributed by atoms with van der Waals surface area (Å²) in [6.07, 6.45) is 6.72. The van der Waals surface area contributed by atoms with Crippen LogP contribution in [0.2, 0.25) is 0 Å². The first-order valence-corrected chi connectivity index (χ1v) is 11.7. The molecule has 4 atom stereocenters. The number of aryl methyl sites for hydroxylation is 1. The summed E-state index contributed by atoms with van der Waals surface area (Å²) < 4.78 is 1.45. The third-order valence-electron chi connectivity index (χ3n) is 7.05. The lowest BCUT2D eigenvalue weighted by molar-refractivity contribution is -0.122. The number of hydrogen-bond donors (Lipinski definition) is 1. The molecule has 1 amide bonds. The predicted molar refractivity (Wildman–Crippen MR) is 121 cm³/mol. The van der Waals surface area contributed by atoms with Crippen molar-refractivity contribution in [1.29, 1.82) is 0 Å². The zero-order valence-electron chi connectivity index (χ0n) is 17.4. The molecule has 30 heavy (non-hydrogen) atoms. The number of nitrogens with zero attached hydrogens (tertiary/aromatic N) is 2. The first-order valence-electron chi connectivity index (χ1n) is 10.8. The monoisotopic (exact) mass is 421 g/mol. The molecule has 0 saturated heterocycles. The Morgan fingerprint density at radius 3 is 2.77 bits per heavy atom. The SMILES string of the molecule is Cc1sc2ncn(CC(=O)NC(C)C3CC4CCC3C4)c(=O)c2c1-c1ccccc1. The molecule has 156 valence electrons.